The second kappa shape index (κ2) is 7.36. The van der Waals surface area contributed by atoms with Crippen molar-refractivity contribution < 1.29 is 14.2 Å². The Bertz CT molecular complexity index is 779. The van der Waals surface area contributed by atoms with Gasteiger partial charge >= 0.3 is 0 Å². The van der Waals surface area contributed by atoms with Gasteiger partial charge in [0, 0.05) is 0 Å². The van der Waals surface area contributed by atoms with E-state index in [9.17, 15) is 0 Å². The van der Waals surface area contributed by atoms with Gasteiger partial charge in [-0.3, -0.25) is 0 Å². The van der Waals surface area contributed by atoms with Gasteiger partial charge in [0.2, 0.25) is 5.06 Å². The van der Waals surface area contributed by atoms with Crippen molar-refractivity contribution in [3.63, 3.8) is 0 Å². The molecule has 0 spiro atoms. The lowest BCUT2D eigenvalue weighted by Gasteiger charge is -2.09. The Hall–Kier alpha value is -2.53. The highest BCUT2D eigenvalue weighted by atomic mass is 32.1. The maximum Gasteiger partial charge on any atom is 0.282 e. The van der Waals surface area contributed by atoms with Crippen LogP contribution in [0.25, 0.3) is 0 Å². The fraction of sp³-hybridized carbons (Fsp3) is 0.211. The Morgan fingerprint density at radius 3 is 2.08 bits per heavy atom. The van der Waals surface area contributed by atoms with Crippen LogP contribution in [-0.2, 0) is 0 Å². The molecule has 24 heavy (non-hydrogen) atoms. The van der Waals surface area contributed by atoms with Crippen LogP contribution in [-0.4, -0.2) is 11.1 Å². The van der Waals surface area contributed by atoms with Gasteiger partial charge in [0.05, 0.1) is 12.3 Å². The van der Waals surface area contributed by atoms with Crippen LogP contribution in [0.1, 0.15) is 19.4 Å². The third kappa shape index (κ3) is 4.49. The summed E-state index contributed by atoms with van der Waals surface area (Å²) in [5, 5.41) is 1.23. The van der Waals surface area contributed by atoms with Gasteiger partial charge in [0.25, 0.3) is 5.19 Å². The van der Waals surface area contributed by atoms with Crippen molar-refractivity contribution in [1.82, 2.24) is 4.98 Å². The minimum Gasteiger partial charge on any atom is -0.491 e. The summed E-state index contributed by atoms with van der Waals surface area (Å²) in [5.41, 5.74) is 1.19. The molecule has 2 aromatic carbocycles. The van der Waals surface area contributed by atoms with Crippen LogP contribution in [0.5, 0.6) is 27.5 Å². The summed E-state index contributed by atoms with van der Waals surface area (Å²) in [7, 11) is 0. The van der Waals surface area contributed by atoms with Gasteiger partial charge < -0.3 is 14.2 Å². The number of aromatic nitrogens is 1. The van der Waals surface area contributed by atoms with Gasteiger partial charge in [0.1, 0.15) is 17.2 Å². The van der Waals surface area contributed by atoms with Crippen molar-refractivity contribution in [2.45, 2.75) is 26.9 Å². The van der Waals surface area contributed by atoms with Crippen LogP contribution in [0.3, 0.4) is 0 Å². The van der Waals surface area contributed by atoms with Crippen molar-refractivity contribution >= 4 is 11.3 Å². The molecule has 0 aliphatic rings. The second-order valence-corrected chi connectivity index (χ2v) is 6.56. The summed E-state index contributed by atoms with van der Waals surface area (Å²) in [5.74, 6) is 2.31. The molecular weight excluding hydrogens is 322 g/mol. The Balaban J connectivity index is 1.62. The average Bonchev–Trinajstić information content (AvgIpc) is 2.98. The van der Waals surface area contributed by atoms with Crippen LogP contribution in [0.2, 0.25) is 0 Å². The fourth-order valence-corrected chi connectivity index (χ4v) is 2.68. The topological polar surface area (TPSA) is 40.6 Å². The van der Waals surface area contributed by atoms with E-state index in [2.05, 4.69) is 4.98 Å². The molecule has 1 aromatic heterocycles. The van der Waals surface area contributed by atoms with Crippen molar-refractivity contribution in [3.05, 3.63) is 60.3 Å². The third-order valence-corrected chi connectivity index (χ3v) is 3.86. The zero-order valence-electron chi connectivity index (χ0n) is 13.9. The summed E-state index contributed by atoms with van der Waals surface area (Å²) in [6.45, 7) is 6.03. The molecule has 0 aliphatic carbocycles. The summed E-state index contributed by atoms with van der Waals surface area (Å²) < 4.78 is 17.1. The van der Waals surface area contributed by atoms with Gasteiger partial charge in [-0.2, -0.15) is 0 Å². The quantitative estimate of drug-likeness (QED) is 0.566. The molecule has 0 atom stereocenters. The molecule has 3 aromatic rings. The minimum absolute atomic E-state index is 0.150. The summed E-state index contributed by atoms with van der Waals surface area (Å²) >= 11 is 1.35. The Kier molecular flexibility index (Phi) is 5.01. The second-order valence-electron chi connectivity index (χ2n) is 5.60. The largest absolute Gasteiger partial charge is 0.491 e. The predicted octanol–water partition coefficient (Wildman–Crippen LogP) is 5.82. The molecule has 0 unspecified atom stereocenters. The molecule has 0 aliphatic heterocycles. The van der Waals surface area contributed by atoms with Gasteiger partial charge in [0.15, 0.2) is 0 Å². The lowest BCUT2D eigenvalue weighted by molar-refractivity contribution is 0.242. The number of aryl methyl sites for hydroxylation is 1. The number of rotatable bonds is 6. The number of hydrogen-bond acceptors (Lipinski definition) is 5. The van der Waals surface area contributed by atoms with Crippen molar-refractivity contribution in [2.75, 3.05) is 0 Å². The number of nitrogens with zero attached hydrogens (tertiary/aromatic N) is 1. The molecular formula is C19H19NO3S. The van der Waals surface area contributed by atoms with Gasteiger partial charge in [-0.25, -0.2) is 4.98 Å². The average molecular weight is 341 g/mol. The van der Waals surface area contributed by atoms with Crippen molar-refractivity contribution in [2.24, 2.45) is 0 Å². The van der Waals surface area contributed by atoms with E-state index in [-0.39, 0.29) is 6.10 Å². The lowest BCUT2D eigenvalue weighted by atomic mass is 10.2. The molecule has 3 rings (SSSR count). The Morgan fingerprint density at radius 1 is 0.833 bits per heavy atom. The Morgan fingerprint density at radius 2 is 1.42 bits per heavy atom. The Labute approximate surface area is 145 Å². The third-order valence-electron chi connectivity index (χ3n) is 3.10. The lowest BCUT2D eigenvalue weighted by Crippen LogP contribution is -2.05. The van der Waals surface area contributed by atoms with E-state index in [1.807, 2.05) is 69.3 Å². The first-order valence-electron chi connectivity index (χ1n) is 7.73. The molecule has 0 radical (unpaired) electrons. The molecule has 0 fully saturated rings. The first kappa shape index (κ1) is 16.3. The van der Waals surface area contributed by atoms with Crippen LogP contribution in [0.4, 0.5) is 0 Å². The fourth-order valence-electron chi connectivity index (χ4n) is 2.02. The molecule has 0 saturated heterocycles. The summed E-state index contributed by atoms with van der Waals surface area (Å²) in [6.07, 6.45) is 1.81. The smallest absolute Gasteiger partial charge is 0.282 e. The van der Waals surface area contributed by atoms with E-state index >= 15 is 0 Å². The van der Waals surface area contributed by atoms with E-state index in [1.54, 1.807) is 6.20 Å². The van der Waals surface area contributed by atoms with Crippen LogP contribution >= 0.6 is 11.3 Å². The van der Waals surface area contributed by atoms with Gasteiger partial charge in [-0.05, 0) is 68.5 Å². The number of ether oxygens (including phenoxy) is 3. The maximum absolute atomic E-state index is 5.77. The van der Waals surface area contributed by atoms with Gasteiger partial charge in [-0.15, -0.1) is 0 Å². The summed E-state index contributed by atoms with van der Waals surface area (Å²) in [4.78, 5) is 4.24. The maximum atomic E-state index is 5.77. The van der Waals surface area contributed by atoms with Crippen molar-refractivity contribution in [3.8, 4) is 27.5 Å². The van der Waals surface area contributed by atoms with Crippen molar-refractivity contribution in [1.29, 1.82) is 0 Å². The number of benzene rings is 2. The monoisotopic (exact) mass is 341 g/mol. The van der Waals surface area contributed by atoms with E-state index in [1.165, 1.54) is 16.9 Å². The number of thiazole rings is 1. The van der Waals surface area contributed by atoms with E-state index in [4.69, 9.17) is 14.2 Å². The van der Waals surface area contributed by atoms with E-state index < -0.39 is 0 Å². The highest BCUT2D eigenvalue weighted by Gasteiger charge is 2.07. The zero-order chi connectivity index (χ0) is 16.9. The normalized spacial score (nSPS) is 10.7. The van der Waals surface area contributed by atoms with Crippen LogP contribution in [0.15, 0.2) is 54.7 Å². The summed E-state index contributed by atoms with van der Waals surface area (Å²) in [6, 6.07) is 15.4. The molecule has 4 nitrogen and oxygen atoms in total. The van der Waals surface area contributed by atoms with Gasteiger partial charge in [-0.1, -0.05) is 17.7 Å². The SMILES string of the molecule is Cc1ccc(Oc2cnc(Oc3ccc(OC(C)C)cc3)s2)cc1. The van der Waals surface area contributed by atoms with Crippen LogP contribution in [0, 0.1) is 6.92 Å². The molecule has 1 heterocycles. The predicted molar refractivity (Wildman–Crippen MR) is 95.6 cm³/mol. The highest BCUT2D eigenvalue weighted by Crippen LogP contribution is 2.34. The first-order valence-corrected chi connectivity index (χ1v) is 8.55. The van der Waals surface area contributed by atoms with Crippen LogP contribution < -0.4 is 14.2 Å². The molecule has 0 N–H and O–H groups in total. The minimum atomic E-state index is 0.150. The molecule has 0 saturated carbocycles. The molecule has 0 amide bonds. The number of hydrogen-bond donors (Lipinski definition) is 0. The van der Waals surface area contributed by atoms with E-state index in [0.29, 0.717) is 16.0 Å². The standard InChI is InChI=1S/C19H19NO3S/c1-13(2)21-15-8-10-17(11-9-15)23-19-20-12-18(24-19)22-16-6-4-14(3)5-7-16/h4-13H,1-3H3. The highest BCUT2D eigenvalue weighted by molar-refractivity contribution is 7.15. The zero-order valence-corrected chi connectivity index (χ0v) is 14.7. The first-order chi connectivity index (χ1) is 11.6. The molecule has 0 bridgehead atoms. The molecule has 5 heteroatoms. The molecule has 124 valence electrons. The van der Waals surface area contributed by atoms with E-state index in [0.717, 1.165) is 11.5 Å².